The number of carbonyl (C=O) groups excluding carboxylic acids is 1. The van der Waals surface area contributed by atoms with Gasteiger partial charge in [0, 0.05) is 38.3 Å². The van der Waals surface area contributed by atoms with Gasteiger partial charge in [-0.05, 0) is 30.7 Å². The summed E-state index contributed by atoms with van der Waals surface area (Å²) in [6, 6.07) is 7.25. The van der Waals surface area contributed by atoms with E-state index in [1.165, 1.54) is 0 Å². The van der Waals surface area contributed by atoms with Crippen molar-refractivity contribution in [1.82, 2.24) is 25.3 Å². The van der Waals surface area contributed by atoms with Gasteiger partial charge < -0.3 is 24.6 Å². The molecule has 3 heterocycles. The average Bonchev–Trinajstić information content (AvgIpc) is 3.37. The van der Waals surface area contributed by atoms with E-state index in [-0.39, 0.29) is 36.8 Å². The molecule has 2 saturated heterocycles. The number of aliphatic hydroxyl groups is 1. The van der Waals surface area contributed by atoms with Crippen LogP contribution in [0.4, 0.5) is 0 Å². The van der Waals surface area contributed by atoms with Gasteiger partial charge in [-0.15, -0.1) is 24.8 Å². The van der Waals surface area contributed by atoms with Crippen molar-refractivity contribution in [3.05, 3.63) is 30.2 Å². The molecule has 2 aliphatic rings. The molecule has 2 N–H and O–H groups in total. The molecule has 0 bridgehead atoms. The highest BCUT2D eigenvalue weighted by atomic mass is 35.5. The number of nitrogens with zero attached hydrogens (tertiary/aromatic N) is 4. The number of hydrogen-bond acceptors (Lipinski definition) is 8. The summed E-state index contributed by atoms with van der Waals surface area (Å²) in [6.45, 7) is 3.87. The molecule has 1 aromatic heterocycles. The topological polar surface area (TPSA) is 104 Å². The summed E-state index contributed by atoms with van der Waals surface area (Å²) in [5.74, 6) is 1.97. The van der Waals surface area contributed by atoms with Gasteiger partial charge in [-0.1, -0.05) is 5.16 Å². The Kier molecular flexibility index (Phi) is 8.87. The van der Waals surface area contributed by atoms with Gasteiger partial charge in [0.15, 0.2) is 0 Å². The van der Waals surface area contributed by atoms with Crippen LogP contribution in [0.1, 0.15) is 12.3 Å². The second-order valence-corrected chi connectivity index (χ2v) is 7.19. The van der Waals surface area contributed by atoms with Crippen molar-refractivity contribution in [3.8, 4) is 17.1 Å². The summed E-state index contributed by atoms with van der Waals surface area (Å²) >= 11 is 0. The highest BCUT2D eigenvalue weighted by molar-refractivity contribution is 5.85. The van der Waals surface area contributed by atoms with Crippen LogP contribution in [0, 0.1) is 0 Å². The molecular formula is C19H27Cl2N5O4. The molecule has 166 valence electrons. The predicted molar refractivity (Wildman–Crippen MR) is 115 cm³/mol. The molecule has 0 aliphatic carbocycles. The van der Waals surface area contributed by atoms with E-state index in [0.29, 0.717) is 44.3 Å². The molecule has 30 heavy (non-hydrogen) atoms. The number of piperazine rings is 1. The van der Waals surface area contributed by atoms with Crippen LogP contribution in [0.2, 0.25) is 0 Å². The van der Waals surface area contributed by atoms with Crippen molar-refractivity contribution in [3.63, 3.8) is 0 Å². The molecule has 4 rings (SSSR count). The molecule has 1 aromatic carbocycles. The fourth-order valence-corrected chi connectivity index (χ4v) is 3.62. The zero-order valence-electron chi connectivity index (χ0n) is 16.7. The number of carbonyl (C=O) groups is 1. The normalized spacial score (nSPS) is 21.6. The van der Waals surface area contributed by atoms with Gasteiger partial charge in [-0.3, -0.25) is 9.69 Å². The van der Waals surface area contributed by atoms with Gasteiger partial charge >= 0.3 is 0 Å². The Hall–Kier alpha value is -1.91. The van der Waals surface area contributed by atoms with E-state index in [1.807, 2.05) is 29.2 Å². The molecule has 1 amide bonds. The third-order valence-electron chi connectivity index (χ3n) is 5.26. The Balaban J connectivity index is 0.00000160. The summed E-state index contributed by atoms with van der Waals surface area (Å²) in [6.07, 6.45) is 0.0717. The lowest BCUT2D eigenvalue weighted by atomic mass is 10.1. The third-order valence-corrected chi connectivity index (χ3v) is 5.26. The zero-order valence-corrected chi connectivity index (χ0v) is 18.3. The average molecular weight is 460 g/mol. The number of halogens is 2. The van der Waals surface area contributed by atoms with Crippen molar-refractivity contribution in [2.45, 2.75) is 25.1 Å². The number of amides is 1. The van der Waals surface area contributed by atoms with Gasteiger partial charge in [0.25, 0.3) is 0 Å². The fourth-order valence-electron chi connectivity index (χ4n) is 3.62. The molecule has 9 nitrogen and oxygen atoms in total. The van der Waals surface area contributed by atoms with E-state index in [0.717, 1.165) is 24.4 Å². The summed E-state index contributed by atoms with van der Waals surface area (Å²) in [4.78, 5) is 21.0. The Morgan fingerprint density at radius 2 is 1.93 bits per heavy atom. The van der Waals surface area contributed by atoms with E-state index >= 15 is 0 Å². The van der Waals surface area contributed by atoms with Crippen LogP contribution >= 0.6 is 24.8 Å². The van der Waals surface area contributed by atoms with E-state index in [9.17, 15) is 9.90 Å². The Morgan fingerprint density at radius 3 is 2.53 bits per heavy atom. The Labute approximate surface area is 187 Å². The number of ether oxygens (including phenoxy) is 1. The highest BCUT2D eigenvalue weighted by Crippen LogP contribution is 2.20. The lowest BCUT2D eigenvalue weighted by Crippen LogP contribution is -2.52. The number of methoxy groups -OCH3 is 1. The number of β-amino-alcohol motifs (C(OH)–C–C–N with tert-alkyl or cyclic N) is 1. The van der Waals surface area contributed by atoms with Crippen LogP contribution in [-0.2, 0) is 11.3 Å². The second kappa shape index (κ2) is 10.9. The summed E-state index contributed by atoms with van der Waals surface area (Å²) in [5, 5.41) is 16.7. The molecule has 2 fully saturated rings. The molecule has 2 atom stereocenters. The first-order valence-electron chi connectivity index (χ1n) is 9.52. The van der Waals surface area contributed by atoms with Gasteiger partial charge in [0.1, 0.15) is 5.75 Å². The maximum absolute atomic E-state index is 12.5. The standard InChI is InChI=1S/C19H25N5O4.2ClH/c1-27-15-4-2-13(3-5-15)18-21-17(28-22-18)12-23-6-8-24(9-7-23)19(26)16-10-14(25)11-20-16;;/h2-5,14,16,20,25H,6-12H2,1H3;2*1H. The predicted octanol–water partition coefficient (Wildman–Crippen LogP) is 0.956. The number of benzene rings is 1. The van der Waals surface area contributed by atoms with Crippen molar-refractivity contribution in [1.29, 1.82) is 0 Å². The van der Waals surface area contributed by atoms with E-state index < -0.39 is 6.10 Å². The van der Waals surface area contributed by atoms with Crippen LogP contribution in [0.3, 0.4) is 0 Å². The first-order chi connectivity index (χ1) is 13.6. The quantitative estimate of drug-likeness (QED) is 0.680. The maximum Gasteiger partial charge on any atom is 0.241 e. The molecule has 0 spiro atoms. The smallest absolute Gasteiger partial charge is 0.241 e. The molecule has 2 aliphatic heterocycles. The number of aromatic nitrogens is 2. The number of hydrogen-bond donors (Lipinski definition) is 2. The minimum absolute atomic E-state index is 0. The lowest BCUT2D eigenvalue weighted by Gasteiger charge is -2.35. The zero-order chi connectivity index (χ0) is 19.5. The van der Waals surface area contributed by atoms with Gasteiger partial charge in [-0.25, -0.2) is 0 Å². The second-order valence-electron chi connectivity index (χ2n) is 7.19. The summed E-state index contributed by atoms with van der Waals surface area (Å²) < 4.78 is 10.6. The third kappa shape index (κ3) is 5.61. The first-order valence-corrected chi connectivity index (χ1v) is 9.52. The molecular weight excluding hydrogens is 433 g/mol. The maximum atomic E-state index is 12.5. The Bertz CT molecular complexity index is 812. The molecule has 0 radical (unpaired) electrons. The van der Waals surface area contributed by atoms with E-state index in [4.69, 9.17) is 9.26 Å². The van der Waals surface area contributed by atoms with Crippen molar-refractivity contribution in [2.75, 3.05) is 39.8 Å². The van der Waals surface area contributed by atoms with Crippen molar-refractivity contribution >= 4 is 30.7 Å². The van der Waals surface area contributed by atoms with Crippen LogP contribution in [0.5, 0.6) is 5.75 Å². The molecule has 0 saturated carbocycles. The van der Waals surface area contributed by atoms with Crippen LogP contribution < -0.4 is 10.1 Å². The fraction of sp³-hybridized carbons (Fsp3) is 0.526. The number of rotatable bonds is 5. The van der Waals surface area contributed by atoms with Crippen LogP contribution in [-0.4, -0.2) is 82.9 Å². The van der Waals surface area contributed by atoms with Crippen LogP contribution in [0.15, 0.2) is 28.8 Å². The van der Waals surface area contributed by atoms with Gasteiger partial charge in [0.2, 0.25) is 17.6 Å². The van der Waals surface area contributed by atoms with Crippen molar-refractivity contribution < 1.29 is 19.2 Å². The minimum Gasteiger partial charge on any atom is -0.497 e. The Morgan fingerprint density at radius 1 is 1.23 bits per heavy atom. The lowest BCUT2D eigenvalue weighted by molar-refractivity contribution is -0.135. The van der Waals surface area contributed by atoms with Crippen molar-refractivity contribution in [2.24, 2.45) is 0 Å². The molecule has 2 unspecified atom stereocenters. The molecule has 11 heteroatoms. The summed E-state index contributed by atoms with van der Waals surface area (Å²) in [7, 11) is 1.63. The number of aliphatic hydroxyl groups excluding tert-OH is 1. The van der Waals surface area contributed by atoms with Gasteiger partial charge in [0.05, 0.1) is 25.8 Å². The highest BCUT2D eigenvalue weighted by Gasteiger charge is 2.32. The van der Waals surface area contributed by atoms with E-state index in [1.54, 1.807) is 7.11 Å². The van der Waals surface area contributed by atoms with Gasteiger partial charge in [-0.2, -0.15) is 4.98 Å². The van der Waals surface area contributed by atoms with E-state index in [2.05, 4.69) is 20.4 Å². The monoisotopic (exact) mass is 459 g/mol. The number of nitrogens with one attached hydrogen (secondary N) is 1. The minimum atomic E-state index is -0.423. The first kappa shape index (κ1) is 24.4. The summed E-state index contributed by atoms with van der Waals surface area (Å²) in [5.41, 5.74) is 0.873. The molecule has 2 aromatic rings. The van der Waals surface area contributed by atoms with Crippen LogP contribution in [0.25, 0.3) is 11.4 Å². The largest absolute Gasteiger partial charge is 0.497 e. The SMILES string of the molecule is COc1ccc(-c2noc(CN3CCN(C(=O)C4CC(O)CN4)CC3)n2)cc1.Cl.Cl.